The first-order valence-corrected chi connectivity index (χ1v) is 4.42. The lowest BCUT2D eigenvalue weighted by Gasteiger charge is -1.98. The molecule has 0 saturated heterocycles. The molecule has 0 fully saturated rings. The fourth-order valence-corrected chi connectivity index (χ4v) is 1.02. The smallest absolute Gasteiger partial charge is 0.184 e. The molecule has 0 unspecified atom stereocenters. The number of thiocarbonyl (C=S) groups is 1. The molecule has 3 nitrogen and oxygen atoms in total. The molecule has 0 aromatic heterocycles. The molecule has 0 radical (unpaired) electrons. The van der Waals surface area contributed by atoms with Crippen molar-refractivity contribution < 1.29 is 4.39 Å². The molecular formula is C8H7ClFN3S. The van der Waals surface area contributed by atoms with E-state index in [0.717, 1.165) is 0 Å². The number of nitrogens with zero attached hydrogens (tertiary/aromatic N) is 1. The van der Waals surface area contributed by atoms with E-state index in [9.17, 15) is 4.39 Å². The van der Waals surface area contributed by atoms with Crippen LogP contribution in [0.4, 0.5) is 4.39 Å². The first-order valence-electron chi connectivity index (χ1n) is 3.64. The van der Waals surface area contributed by atoms with Gasteiger partial charge in [0.25, 0.3) is 0 Å². The molecule has 6 heteroatoms. The molecule has 0 aliphatic heterocycles. The van der Waals surface area contributed by atoms with E-state index in [-0.39, 0.29) is 15.7 Å². The number of hydrogen-bond acceptors (Lipinski definition) is 2. The molecule has 0 aliphatic carbocycles. The van der Waals surface area contributed by atoms with E-state index in [1.165, 1.54) is 18.3 Å². The van der Waals surface area contributed by atoms with Crippen LogP contribution in [0.15, 0.2) is 23.3 Å². The molecule has 0 amide bonds. The highest BCUT2D eigenvalue weighted by Crippen LogP contribution is 2.15. The third-order valence-electron chi connectivity index (χ3n) is 1.36. The first-order chi connectivity index (χ1) is 6.61. The van der Waals surface area contributed by atoms with Crippen molar-refractivity contribution in [2.24, 2.45) is 10.8 Å². The van der Waals surface area contributed by atoms with Crippen LogP contribution < -0.4 is 11.2 Å². The highest BCUT2D eigenvalue weighted by Gasteiger charge is 2.02. The van der Waals surface area contributed by atoms with E-state index in [2.05, 4.69) is 22.7 Å². The van der Waals surface area contributed by atoms with Gasteiger partial charge in [-0.05, 0) is 18.3 Å². The van der Waals surface area contributed by atoms with Crippen LogP contribution in [0.3, 0.4) is 0 Å². The van der Waals surface area contributed by atoms with Gasteiger partial charge in [0.05, 0.1) is 11.2 Å². The average Bonchev–Trinajstić information content (AvgIpc) is 2.12. The van der Waals surface area contributed by atoms with Gasteiger partial charge in [-0.25, -0.2) is 4.39 Å². The van der Waals surface area contributed by atoms with Crippen molar-refractivity contribution in [1.82, 2.24) is 5.43 Å². The number of benzene rings is 1. The minimum atomic E-state index is -0.525. The lowest BCUT2D eigenvalue weighted by atomic mass is 10.2. The molecule has 3 N–H and O–H groups in total. The van der Waals surface area contributed by atoms with Gasteiger partial charge in [-0.3, -0.25) is 5.43 Å². The molecule has 1 aromatic carbocycles. The van der Waals surface area contributed by atoms with Crippen molar-refractivity contribution in [2.75, 3.05) is 0 Å². The van der Waals surface area contributed by atoms with Gasteiger partial charge in [0.1, 0.15) is 0 Å². The predicted octanol–water partition coefficient (Wildman–Crippen LogP) is 1.65. The van der Waals surface area contributed by atoms with Gasteiger partial charge in [0, 0.05) is 5.56 Å². The van der Waals surface area contributed by atoms with Crippen LogP contribution in [0.5, 0.6) is 0 Å². The Labute approximate surface area is 90.7 Å². The standard InChI is InChI=1S/C8H7ClFN3S/c9-6-3-1-2-5(7(6)10)4-12-13-8(11)14/h1-4H,(H3,11,13,14)/b12-4+. The zero-order valence-electron chi connectivity index (χ0n) is 7.00. The zero-order valence-corrected chi connectivity index (χ0v) is 8.57. The normalized spacial score (nSPS) is 10.4. The van der Waals surface area contributed by atoms with Crippen molar-refractivity contribution in [3.05, 3.63) is 34.6 Å². The van der Waals surface area contributed by atoms with Crippen LogP contribution in [0, 0.1) is 5.82 Å². The Bertz CT molecular complexity index is 381. The average molecular weight is 232 g/mol. The van der Waals surface area contributed by atoms with Gasteiger partial charge in [-0.1, -0.05) is 23.7 Å². The number of nitrogens with two attached hydrogens (primary N) is 1. The Balaban J connectivity index is 2.81. The third-order valence-corrected chi connectivity index (χ3v) is 1.74. The molecule has 14 heavy (non-hydrogen) atoms. The topological polar surface area (TPSA) is 50.4 Å². The van der Waals surface area contributed by atoms with Gasteiger partial charge < -0.3 is 5.73 Å². The van der Waals surface area contributed by atoms with E-state index in [1.54, 1.807) is 6.07 Å². The first kappa shape index (κ1) is 10.9. The summed E-state index contributed by atoms with van der Waals surface area (Å²) in [6, 6.07) is 4.61. The molecule has 0 atom stereocenters. The minimum Gasteiger partial charge on any atom is -0.375 e. The van der Waals surface area contributed by atoms with Crippen molar-refractivity contribution in [3.63, 3.8) is 0 Å². The zero-order chi connectivity index (χ0) is 10.6. The van der Waals surface area contributed by atoms with Crippen LogP contribution in [0.1, 0.15) is 5.56 Å². The Hall–Kier alpha value is -1.20. The third kappa shape index (κ3) is 2.93. The summed E-state index contributed by atoms with van der Waals surface area (Å²) in [7, 11) is 0. The van der Waals surface area contributed by atoms with Crippen LogP contribution in [-0.4, -0.2) is 11.3 Å². The number of nitrogens with one attached hydrogen (secondary N) is 1. The SMILES string of the molecule is NC(=S)N/N=C/c1cccc(Cl)c1F. The number of hydrazone groups is 1. The van der Waals surface area contributed by atoms with Gasteiger partial charge in [-0.15, -0.1) is 0 Å². The summed E-state index contributed by atoms with van der Waals surface area (Å²) in [5.74, 6) is -0.525. The highest BCUT2D eigenvalue weighted by molar-refractivity contribution is 7.80. The highest BCUT2D eigenvalue weighted by atomic mass is 35.5. The fourth-order valence-electron chi connectivity index (χ4n) is 0.786. The van der Waals surface area contributed by atoms with E-state index in [4.69, 9.17) is 17.3 Å². The van der Waals surface area contributed by atoms with Gasteiger partial charge in [0.15, 0.2) is 10.9 Å². The predicted molar refractivity (Wildman–Crippen MR) is 58.9 cm³/mol. The summed E-state index contributed by atoms with van der Waals surface area (Å²) in [6.45, 7) is 0. The van der Waals surface area contributed by atoms with Crippen LogP contribution in [0.25, 0.3) is 0 Å². The van der Waals surface area contributed by atoms with Crippen LogP contribution in [0.2, 0.25) is 5.02 Å². The van der Waals surface area contributed by atoms with E-state index < -0.39 is 5.82 Å². The minimum absolute atomic E-state index is 0.0173. The van der Waals surface area contributed by atoms with Crippen molar-refractivity contribution in [3.8, 4) is 0 Å². The van der Waals surface area contributed by atoms with Crippen LogP contribution >= 0.6 is 23.8 Å². The maximum absolute atomic E-state index is 13.2. The fraction of sp³-hybridized carbons (Fsp3) is 0. The summed E-state index contributed by atoms with van der Waals surface area (Å²) < 4.78 is 13.2. The van der Waals surface area contributed by atoms with E-state index in [1.807, 2.05) is 0 Å². The summed E-state index contributed by atoms with van der Waals surface area (Å²) in [5.41, 5.74) is 7.69. The Morgan fingerprint density at radius 3 is 3.00 bits per heavy atom. The molecule has 0 spiro atoms. The molecule has 1 rings (SSSR count). The lowest BCUT2D eigenvalue weighted by molar-refractivity contribution is 0.626. The second kappa shape index (κ2) is 4.88. The molecule has 0 heterocycles. The molecule has 1 aromatic rings. The maximum Gasteiger partial charge on any atom is 0.184 e. The summed E-state index contributed by atoms with van der Waals surface area (Å²) in [4.78, 5) is 0. The Kier molecular flexibility index (Phi) is 3.79. The quantitative estimate of drug-likeness (QED) is 0.462. The second-order valence-electron chi connectivity index (χ2n) is 2.38. The summed E-state index contributed by atoms with van der Waals surface area (Å²) in [5, 5.41) is 3.67. The molecule has 0 aliphatic rings. The second-order valence-corrected chi connectivity index (χ2v) is 3.22. The largest absolute Gasteiger partial charge is 0.375 e. The Morgan fingerprint density at radius 2 is 2.36 bits per heavy atom. The molecule has 74 valence electrons. The van der Waals surface area contributed by atoms with Crippen molar-refractivity contribution in [2.45, 2.75) is 0 Å². The van der Waals surface area contributed by atoms with Gasteiger partial charge in [0.2, 0.25) is 0 Å². The monoisotopic (exact) mass is 231 g/mol. The molecule has 0 bridgehead atoms. The van der Waals surface area contributed by atoms with Gasteiger partial charge in [-0.2, -0.15) is 5.10 Å². The van der Waals surface area contributed by atoms with Crippen molar-refractivity contribution >= 4 is 35.1 Å². The molecular weight excluding hydrogens is 225 g/mol. The number of halogens is 2. The van der Waals surface area contributed by atoms with E-state index >= 15 is 0 Å². The van der Waals surface area contributed by atoms with E-state index in [0.29, 0.717) is 0 Å². The van der Waals surface area contributed by atoms with Crippen molar-refractivity contribution in [1.29, 1.82) is 0 Å². The Morgan fingerprint density at radius 1 is 1.64 bits per heavy atom. The molecule has 0 saturated carbocycles. The lowest BCUT2D eigenvalue weighted by Crippen LogP contribution is -2.24. The number of rotatable bonds is 2. The summed E-state index contributed by atoms with van der Waals surface area (Å²) in [6.07, 6.45) is 1.25. The maximum atomic E-state index is 13.2. The van der Waals surface area contributed by atoms with Crippen LogP contribution in [-0.2, 0) is 0 Å². The summed E-state index contributed by atoms with van der Waals surface area (Å²) >= 11 is 10.1. The number of hydrogen-bond donors (Lipinski definition) is 2. The van der Waals surface area contributed by atoms with Gasteiger partial charge >= 0.3 is 0 Å².